The third-order valence-electron chi connectivity index (χ3n) is 9.39. The fourth-order valence-corrected chi connectivity index (χ4v) is 7.50. The summed E-state index contributed by atoms with van der Waals surface area (Å²) in [5.74, 6) is 0.00421. The highest BCUT2D eigenvalue weighted by molar-refractivity contribution is 9.10. The van der Waals surface area contributed by atoms with E-state index in [2.05, 4.69) is 38.5 Å². The van der Waals surface area contributed by atoms with Crippen LogP contribution >= 0.6 is 15.9 Å². The van der Waals surface area contributed by atoms with Crippen molar-refractivity contribution in [3.05, 3.63) is 33.7 Å². The normalized spacial score (nSPS) is 23.0. The van der Waals surface area contributed by atoms with Gasteiger partial charge < -0.3 is 28.7 Å². The first-order valence-corrected chi connectivity index (χ1v) is 16.5. The van der Waals surface area contributed by atoms with E-state index in [0.717, 1.165) is 54.4 Å². The molecule has 3 fully saturated rings. The quantitative estimate of drug-likeness (QED) is 0.299. The maximum Gasteiger partial charge on any atom is 0.410 e. The maximum absolute atomic E-state index is 16.0. The van der Waals surface area contributed by atoms with Gasteiger partial charge in [-0.05, 0) is 107 Å². The number of likely N-dealkylation sites (tertiary alicyclic amines) is 3. The molecule has 3 unspecified atom stereocenters. The zero-order valence-electron chi connectivity index (χ0n) is 26.6. The largest absolute Gasteiger partial charge is 0.476 e. The number of benzene rings is 1. The lowest BCUT2D eigenvalue weighted by molar-refractivity contribution is -0.129. The topological polar surface area (TPSA) is 80.1 Å². The number of likely N-dealkylation sites (N-methyl/N-ethyl adjacent to an activating group) is 1. The molecule has 0 spiro atoms. The van der Waals surface area contributed by atoms with Gasteiger partial charge in [0, 0.05) is 43.7 Å². The molecule has 0 bridgehead atoms. The Morgan fingerprint density at radius 1 is 1.09 bits per heavy atom. The Kier molecular flexibility index (Phi) is 8.32. The van der Waals surface area contributed by atoms with E-state index in [1.165, 1.54) is 0 Å². The fourth-order valence-electron chi connectivity index (χ4n) is 7.20. The minimum absolute atomic E-state index is 0.0284. The molecule has 9 nitrogen and oxygen atoms in total. The summed E-state index contributed by atoms with van der Waals surface area (Å²) in [6.45, 7) is 12.2. The van der Waals surface area contributed by atoms with Crippen LogP contribution in [0.15, 0.2) is 16.6 Å². The number of ether oxygens (including phenoxy) is 2. The molecule has 11 heteroatoms. The number of carbonyl (C=O) groups is 2. The fraction of sp³-hybridized carbons (Fsp3) is 0.606. The smallest absolute Gasteiger partial charge is 0.410 e. The van der Waals surface area contributed by atoms with Crippen molar-refractivity contribution in [2.75, 3.05) is 39.8 Å². The molecule has 0 saturated carbocycles. The van der Waals surface area contributed by atoms with E-state index >= 15 is 4.39 Å². The highest BCUT2D eigenvalue weighted by Gasteiger charge is 2.38. The van der Waals surface area contributed by atoms with Crippen LogP contribution in [-0.2, 0) is 9.53 Å². The van der Waals surface area contributed by atoms with Crippen LogP contribution in [0.25, 0.3) is 21.8 Å². The number of hydrogen-bond acceptors (Lipinski definition) is 6. The second-order valence-corrected chi connectivity index (χ2v) is 14.5. The standard InChI is InChI=1S/C33H43BrFN5O4/c1-19-15-23-29(28(35)27(19)34)36-31(43-18-22-9-7-12-37(22)6)24-16-26(25-10-8-13-39(25)20(2)41)40(30(23)24)21-11-14-38(17-21)32(42)44-33(3,4)5/h15-16,21-22,25H,7-14,17-18H2,1-6H3. The number of pyridine rings is 1. The van der Waals surface area contributed by atoms with Crippen molar-refractivity contribution < 1.29 is 23.5 Å². The third kappa shape index (κ3) is 5.66. The van der Waals surface area contributed by atoms with Crippen LogP contribution in [0.5, 0.6) is 5.88 Å². The van der Waals surface area contributed by atoms with Gasteiger partial charge >= 0.3 is 6.09 Å². The van der Waals surface area contributed by atoms with Gasteiger partial charge in [-0.15, -0.1) is 0 Å². The number of amides is 2. The molecule has 3 atom stereocenters. The summed E-state index contributed by atoms with van der Waals surface area (Å²) in [6, 6.07) is 4.10. The molecule has 2 aromatic heterocycles. The van der Waals surface area contributed by atoms with Gasteiger partial charge in [0.15, 0.2) is 5.82 Å². The predicted molar refractivity (Wildman–Crippen MR) is 172 cm³/mol. The van der Waals surface area contributed by atoms with Gasteiger partial charge in [-0.2, -0.15) is 0 Å². The van der Waals surface area contributed by atoms with Crippen LogP contribution in [-0.4, -0.2) is 87.7 Å². The summed E-state index contributed by atoms with van der Waals surface area (Å²) >= 11 is 3.43. The van der Waals surface area contributed by atoms with Gasteiger partial charge in [-0.25, -0.2) is 14.2 Å². The molecule has 3 saturated heterocycles. The molecular formula is C33H43BrFN5O4. The molecule has 5 heterocycles. The van der Waals surface area contributed by atoms with Crippen molar-refractivity contribution in [1.82, 2.24) is 24.3 Å². The third-order valence-corrected chi connectivity index (χ3v) is 10.4. The van der Waals surface area contributed by atoms with E-state index in [0.29, 0.717) is 48.4 Å². The molecule has 1 aromatic carbocycles. The minimum atomic E-state index is -0.601. The van der Waals surface area contributed by atoms with Crippen LogP contribution in [0.1, 0.15) is 83.1 Å². The van der Waals surface area contributed by atoms with E-state index in [9.17, 15) is 9.59 Å². The van der Waals surface area contributed by atoms with Gasteiger partial charge in [-0.3, -0.25) is 4.79 Å². The molecule has 238 valence electrons. The summed E-state index contributed by atoms with van der Waals surface area (Å²) in [7, 11) is 2.10. The summed E-state index contributed by atoms with van der Waals surface area (Å²) < 4.78 is 30.8. The summed E-state index contributed by atoms with van der Waals surface area (Å²) in [4.78, 5) is 36.7. The first kappa shape index (κ1) is 31.1. The first-order chi connectivity index (χ1) is 20.8. The van der Waals surface area contributed by atoms with Crippen LogP contribution < -0.4 is 4.74 Å². The second-order valence-electron chi connectivity index (χ2n) is 13.7. The Morgan fingerprint density at radius 3 is 2.52 bits per heavy atom. The molecule has 0 N–H and O–H groups in total. The van der Waals surface area contributed by atoms with E-state index < -0.39 is 11.4 Å². The van der Waals surface area contributed by atoms with E-state index in [4.69, 9.17) is 14.5 Å². The highest BCUT2D eigenvalue weighted by Crippen LogP contribution is 2.44. The molecule has 44 heavy (non-hydrogen) atoms. The number of hydrogen-bond donors (Lipinski definition) is 0. The van der Waals surface area contributed by atoms with Crippen molar-refractivity contribution in [2.45, 2.75) is 90.4 Å². The van der Waals surface area contributed by atoms with Crippen molar-refractivity contribution in [3.63, 3.8) is 0 Å². The van der Waals surface area contributed by atoms with E-state index in [-0.39, 0.29) is 35.6 Å². The SMILES string of the molecule is CC(=O)N1CCCC1c1cc2c(OCC3CCCN3C)nc3c(F)c(Br)c(C)cc3c2n1C1CCN(C(=O)OC(C)(C)C)C1. The van der Waals surface area contributed by atoms with Crippen molar-refractivity contribution in [2.24, 2.45) is 0 Å². The molecular weight excluding hydrogens is 629 g/mol. The van der Waals surface area contributed by atoms with Gasteiger partial charge in [-0.1, -0.05) is 0 Å². The predicted octanol–water partition coefficient (Wildman–Crippen LogP) is 6.74. The second kappa shape index (κ2) is 11.8. The van der Waals surface area contributed by atoms with Crippen molar-refractivity contribution >= 4 is 49.7 Å². The Hall–Kier alpha value is -2.92. The van der Waals surface area contributed by atoms with E-state index in [1.54, 1.807) is 11.8 Å². The highest BCUT2D eigenvalue weighted by atomic mass is 79.9. The lowest BCUT2D eigenvalue weighted by atomic mass is 10.1. The maximum atomic E-state index is 16.0. The summed E-state index contributed by atoms with van der Waals surface area (Å²) in [6.07, 6.45) is 4.24. The molecule has 3 aliphatic rings. The molecule has 0 aliphatic carbocycles. The number of rotatable bonds is 5. The molecule has 2 amide bonds. The Balaban J connectivity index is 1.54. The molecule has 3 aliphatic heterocycles. The number of halogens is 2. The Labute approximate surface area is 266 Å². The van der Waals surface area contributed by atoms with Crippen molar-refractivity contribution in [1.29, 1.82) is 0 Å². The minimum Gasteiger partial charge on any atom is -0.476 e. The first-order valence-electron chi connectivity index (χ1n) is 15.8. The molecule has 3 aromatic rings. The van der Waals surface area contributed by atoms with Gasteiger partial charge in [0.25, 0.3) is 0 Å². The average molecular weight is 673 g/mol. The molecule has 0 radical (unpaired) electrons. The number of aryl methyl sites for hydroxylation is 1. The van der Waals surface area contributed by atoms with Crippen LogP contribution in [0, 0.1) is 12.7 Å². The zero-order valence-corrected chi connectivity index (χ0v) is 28.2. The van der Waals surface area contributed by atoms with Crippen LogP contribution in [0.4, 0.5) is 9.18 Å². The number of nitrogens with zero attached hydrogens (tertiary/aromatic N) is 5. The lowest BCUT2D eigenvalue weighted by Crippen LogP contribution is -2.35. The van der Waals surface area contributed by atoms with Crippen LogP contribution in [0.3, 0.4) is 0 Å². The Bertz CT molecular complexity index is 1620. The monoisotopic (exact) mass is 671 g/mol. The molecule has 6 rings (SSSR count). The van der Waals surface area contributed by atoms with E-state index in [1.807, 2.05) is 38.7 Å². The van der Waals surface area contributed by atoms with Gasteiger partial charge in [0.05, 0.1) is 27.5 Å². The van der Waals surface area contributed by atoms with Gasteiger partial charge in [0.1, 0.15) is 17.7 Å². The number of carbonyl (C=O) groups excluding carboxylic acids is 2. The lowest BCUT2D eigenvalue weighted by Gasteiger charge is -2.28. The Morgan fingerprint density at radius 2 is 1.84 bits per heavy atom. The summed E-state index contributed by atoms with van der Waals surface area (Å²) in [5.41, 5.74) is 2.22. The number of aromatic nitrogens is 2. The number of fused-ring (bicyclic) bond motifs is 3. The summed E-state index contributed by atoms with van der Waals surface area (Å²) in [5, 5.41) is 1.50. The van der Waals surface area contributed by atoms with Crippen molar-refractivity contribution in [3.8, 4) is 5.88 Å². The zero-order chi connectivity index (χ0) is 31.5. The van der Waals surface area contributed by atoms with Crippen LogP contribution in [0.2, 0.25) is 0 Å². The van der Waals surface area contributed by atoms with Gasteiger partial charge in [0.2, 0.25) is 11.8 Å². The average Bonchev–Trinajstić information content (AvgIpc) is 3.75.